The van der Waals surface area contributed by atoms with Gasteiger partial charge in [-0.1, -0.05) is 0 Å². The van der Waals surface area contributed by atoms with Gasteiger partial charge in [0.2, 0.25) is 0 Å². The van der Waals surface area contributed by atoms with E-state index in [4.69, 9.17) is 17.3 Å². The summed E-state index contributed by atoms with van der Waals surface area (Å²) in [6.45, 7) is 0. The predicted octanol–water partition coefficient (Wildman–Crippen LogP) is 1.60. The highest BCUT2D eigenvalue weighted by atomic mass is 35.5. The number of hydrogen-bond acceptors (Lipinski definition) is 4. The number of carbonyl (C=O) groups is 1. The molecule has 1 amide bonds. The lowest BCUT2D eigenvalue weighted by Gasteiger charge is -2.11. The first-order valence-electron chi connectivity index (χ1n) is 5.26. The first-order chi connectivity index (χ1) is 9.09. The van der Waals surface area contributed by atoms with Gasteiger partial charge in [-0.25, -0.2) is 13.4 Å². The maximum atomic E-state index is 12.5. The minimum atomic E-state index is -4.83. The average Bonchev–Trinajstić information content (AvgIpc) is 2.34. The number of alkyl halides is 4. The van der Waals surface area contributed by atoms with E-state index in [2.05, 4.69) is 4.98 Å². The summed E-state index contributed by atoms with van der Waals surface area (Å²) in [7, 11) is -4.18. The standard InChI is InChI=1S/C10H10ClF3N2O3S/c11-4-1-5-20(18,19)9-6(8(15)17)2-3-7(16-9)10(12,13)14/h2-3H,1,4-5H2,(H2,15,17). The van der Waals surface area contributed by atoms with E-state index in [0.29, 0.717) is 12.1 Å². The highest BCUT2D eigenvalue weighted by Crippen LogP contribution is 2.29. The van der Waals surface area contributed by atoms with Crippen LogP contribution < -0.4 is 5.73 Å². The molecule has 5 nitrogen and oxygen atoms in total. The van der Waals surface area contributed by atoms with E-state index >= 15 is 0 Å². The molecule has 0 spiro atoms. The van der Waals surface area contributed by atoms with Crippen molar-refractivity contribution in [3.05, 3.63) is 23.4 Å². The molecule has 0 bridgehead atoms. The molecule has 0 aliphatic carbocycles. The molecule has 0 unspecified atom stereocenters. The summed E-state index contributed by atoms with van der Waals surface area (Å²) in [6, 6.07) is 1.20. The third kappa shape index (κ3) is 3.83. The summed E-state index contributed by atoms with van der Waals surface area (Å²) < 4.78 is 61.4. The highest BCUT2D eigenvalue weighted by molar-refractivity contribution is 7.91. The van der Waals surface area contributed by atoms with Gasteiger partial charge in [0, 0.05) is 5.88 Å². The van der Waals surface area contributed by atoms with Crippen molar-refractivity contribution >= 4 is 27.3 Å². The molecule has 0 fully saturated rings. The normalized spacial score (nSPS) is 12.4. The maximum Gasteiger partial charge on any atom is 0.433 e. The van der Waals surface area contributed by atoms with Gasteiger partial charge in [-0.15, -0.1) is 11.6 Å². The number of aromatic nitrogens is 1. The second kappa shape index (κ2) is 5.96. The molecule has 0 radical (unpaired) electrons. The van der Waals surface area contributed by atoms with Crippen molar-refractivity contribution in [3.8, 4) is 0 Å². The fourth-order valence-electron chi connectivity index (χ4n) is 1.36. The van der Waals surface area contributed by atoms with Crippen LogP contribution in [0, 0.1) is 0 Å². The fraction of sp³-hybridized carbons (Fsp3) is 0.400. The Morgan fingerprint density at radius 2 is 1.95 bits per heavy atom. The molecular weight excluding hydrogens is 321 g/mol. The molecule has 0 saturated heterocycles. The molecule has 10 heteroatoms. The monoisotopic (exact) mass is 330 g/mol. The van der Waals surface area contributed by atoms with Gasteiger partial charge in [0.1, 0.15) is 5.69 Å². The molecular formula is C10H10ClF3N2O3S. The van der Waals surface area contributed by atoms with Crippen molar-refractivity contribution < 1.29 is 26.4 Å². The zero-order chi connectivity index (χ0) is 15.6. The van der Waals surface area contributed by atoms with Crippen LogP contribution in [-0.2, 0) is 16.0 Å². The van der Waals surface area contributed by atoms with Crippen LogP contribution in [0.5, 0.6) is 0 Å². The molecule has 0 aliphatic rings. The fourth-order valence-corrected chi connectivity index (χ4v) is 3.12. The SMILES string of the molecule is NC(=O)c1ccc(C(F)(F)F)nc1S(=O)(=O)CCCCl. The van der Waals surface area contributed by atoms with Crippen LogP contribution in [-0.4, -0.2) is 30.9 Å². The second-order valence-electron chi connectivity index (χ2n) is 3.77. The van der Waals surface area contributed by atoms with E-state index in [-0.39, 0.29) is 12.3 Å². The van der Waals surface area contributed by atoms with Crippen LogP contribution in [0.2, 0.25) is 0 Å². The Bertz CT molecular complexity index is 617. The Labute approximate surface area is 117 Å². The van der Waals surface area contributed by atoms with Crippen molar-refractivity contribution in [3.63, 3.8) is 0 Å². The van der Waals surface area contributed by atoms with Gasteiger partial charge in [-0.3, -0.25) is 4.79 Å². The Morgan fingerprint density at radius 1 is 1.35 bits per heavy atom. The summed E-state index contributed by atoms with van der Waals surface area (Å²) in [4.78, 5) is 14.1. The molecule has 1 heterocycles. The van der Waals surface area contributed by atoms with E-state index in [9.17, 15) is 26.4 Å². The number of halogens is 4. The molecule has 1 aromatic heterocycles. The number of pyridine rings is 1. The molecule has 1 rings (SSSR count). The molecule has 0 aromatic carbocycles. The summed E-state index contributed by atoms with van der Waals surface area (Å²) >= 11 is 5.34. The zero-order valence-electron chi connectivity index (χ0n) is 9.95. The van der Waals surface area contributed by atoms with E-state index in [1.807, 2.05) is 0 Å². The minimum absolute atomic E-state index is 0.00406. The molecule has 0 aliphatic heterocycles. The molecule has 1 aromatic rings. The lowest BCUT2D eigenvalue weighted by atomic mass is 10.2. The van der Waals surface area contributed by atoms with Crippen LogP contribution in [0.3, 0.4) is 0 Å². The second-order valence-corrected chi connectivity index (χ2v) is 6.18. The van der Waals surface area contributed by atoms with Gasteiger partial charge in [-0.2, -0.15) is 13.2 Å². The van der Waals surface area contributed by atoms with Crippen molar-refractivity contribution in [2.45, 2.75) is 17.6 Å². The molecule has 20 heavy (non-hydrogen) atoms. The Hall–Kier alpha value is -1.35. The highest BCUT2D eigenvalue weighted by Gasteiger charge is 2.35. The maximum absolute atomic E-state index is 12.5. The largest absolute Gasteiger partial charge is 0.433 e. The van der Waals surface area contributed by atoms with Crippen LogP contribution in [0.1, 0.15) is 22.5 Å². The van der Waals surface area contributed by atoms with Gasteiger partial charge in [0.25, 0.3) is 5.91 Å². The van der Waals surface area contributed by atoms with Gasteiger partial charge < -0.3 is 5.73 Å². The zero-order valence-corrected chi connectivity index (χ0v) is 11.5. The van der Waals surface area contributed by atoms with Gasteiger partial charge >= 0.3 is 6.18 Å². The molecule has 112 valence electrons. The smallest absolute Gasteiger partial charge is 0.366 e. The topological polar surface area (TPSA) is 90.1 Å². The number of primary amides is 1. The third-order valence-electron chi connectivity index (χ3n) is 2.26. The van der Waals surface area contributed by atoms with E-state index < -0.39 is 44.0 Å². The number of carbonyl (C=O) groups excluding carboxylic acids is 1. The van der Waals surface area contributed by atoms with Crippen molar-refractivity contribution in [2.75, 3.05) is 11.6 Å². The molecule has 2 N–H and O–H groups in total. The van der Waals surface area contributed by atoms with Crippen molar-refractivity contribution in [1.29, 1.82) is 0 Å². The Morgan fingerprint density at radius 3 is 2.40 bits per heavy atom. The van der Waals surface area contributed by atoms with Crippen LogP contribution in [0.25, 0.3) is 0 Å². The lowest BCUT2D eigenvalue weighted by molar-refractivity contribution is -0.141. The Kier molecular flexibility index (Phi) is 4.98. The van der Waals surface area contributed by atoms with Crippen LogP contribution >= 0.6 is 11.6 Å². The van der Waals surface area contributed by atoms with Crippen molar-refractivity contribution in [2.24, 2.45) is 5.73 Å². The van der Waals surface area contributed by atoms with Crippen LogP contribution in [0.15, 0.2) is 17.2 Å². The molecule has 0 saturated carbocycles. The van der Waals surface area contributed by atoms with Gasteiger partial charge in [-0.05, 0) is 18.6 Å². The number of nitrogens with two attached hydrogens (primary N) is 1. The average molecular weight is 331 g/mol. The molecule has 0 atom stereocenters. The summed E-state index contributed by atoms with van der Waals surface area (Å²) in [6.07, 6.45) is -4.81. The number of rotatable bonds is 5. The quantitative estimate of drug-likeness (QED) is 0.830. The summed E-state index contributed by atoms with van der Waals surface area (Å²) in [5, 5.41) is -0.968. The van der Waals surface area contributed by atoms with E-state index in [1.165, 1.54) is 0 Å². The first kappa shape index (κ1) is 16.7. The van der Waals surface area contributed by atoms with Crippen LogP contribution in [0.4, 0.5) is 13.2 Å². The Balaban J connectivity index is 3.44. The van der Waals surface area contributed by atoms with E-state index in [1.54, 1.807) is 0 Å². The number of sulfone groups is 1. The third-order valence-corrected chi connectivity index (χ3v) is 4.25. The minimum Gasteiger partial charge on any atom is -0.366 e. The van der Waals surface area contributed by atoms with Gasteiger partial charge in [0.15, 0.2) is 14.9 Å². The number of nitrogens with zero attached hydrogens (tertiary/aromatic N) is 1. The van der Waals surface area contributed by atoms with Gasteiger partial charge in [0.05, 0.1) is 11.3 Å². The number of amides is 1. The first-order valence-corrected chi connectivity index (χ1v) is 7.45. The lowest BCUT2D eigenvalue weighted by Crippen LogP contribution is -2.22. The summed E-state index contributed by atoms with van der Waals surface area (Å²) in [5.41, 5.74) is 2.96. The van der Waals surface area contributed by atoms with E-state index in [0.717, 1.165) is 0 Å². The summed E-state index contributed by atoms with van der Waals surface area (Å²) in [5.74, 6) is -1.69. The van der Waals surface area contributed by atoms with Crippen molar-refractivity contribution in [1.82, 2.24) is 4.98 Å². The number of hydrogen-bond donors (Lipinski definition) is 1. The predicted molar refractivity (Wildman–Crippen MR) is 65.1 cm³/mol.